The van der Waals surface area contributed by atoms with Crippen LogP contribution in [0.4, 0.5) is 4.39 Å². The van der Waals surface area contributed by atoms with Gasteiger partial charge in [0.15, 0.2) is 12.4 Å². The SMILES string of the molecule is O=C(COC(=O)C(Cc1c[nH]c2ccccc12)NS(=O)(=O)c1cccc(Cl)c1Cl)c1ccc(F)cc1. The predicted molar refractivity (Wildman–Crippen MR) is 134 cm³/mol. The highest BCUT2D eigenvalue weighted by atomic mass is 35.5. The van der Waals surface area contributed by atoms with Crippen LogP contribution < -0.4 is 4.72 Å². The fourth-order valence-electron chi connectivity index (χ4n) is 3.59. The number of fused-ring (bicyclic) bond motifs is 1. The normalized spacial score (nSPS) is 12.4. The highest BCUT2D eigenvalue weighted by molar-refractivity contribution is 7.89. The van der Waals surface area contributed by atoms with Gasteiger partial charge in [-0.3, -0.25) is 9.59 Å². The van der Waals surface area contributed by atoms with E-state index in [-0.39, 0.29) is 26.9 Å². The van der Waals surface area contributed by atoms with E-state index in [0.717, 1.165) is 23.0 Å². The van der Waals surface area contributed by atoms with Gasteiger partial charge in [0.2, 0.25) is 10.0 Å². The van der Waals surface area contributed by atoms with Crippen molar-refractivity contribution in [3.8, 4) is 0 Å². The van der Waals surface area contributed by atoms with E-state index in [9.17, 15) is 22.4 Å². The molecule has 1 heterocycles. The van der Waals surface area contributed by atoms with Crippen molar-refractivity contribution in [2.75, 3.05) is 6.61 Å². The van der Waals surface area contributed by atoms with Crippen LogP contribution in [-0.2, 0) is 26.0 Å². The molecule has 0 saturated carbocycles. The van der Waals surface area contributed by atoms with Crippen molar-refractivity contribution < 1.29 is 27.1 Å². The number of esters is 1. The number of sulfonamides is 1. The van der Waals surface area contributed by atoms with Gasteiger partial charge < -0.3 is 9.72 Å². The molecule has 0 aliphatic carbocycles. The second kappa shape index (κ2) is 10.8. The number of benzene rings is 3. The molecule has 1 aromatic heterocycles. The van der Waals surface area contributed by atoms with Crippen LogP contribution in [0.25, 0.3) is 10.9 Å². The van der Waals surface area contributed by atoms with Crippen molar-refractivity contribution in [1.29, 1.82) is 0 Å². The molecule has 0 radical (unpaired) electrons. The number of H-pyrrole nitrogens is 1. The van der Waals surface area contributed by atoms with Crippen LogP contribution in [0.15, 0.2) is 77.8 Å². The standard InChI is InChI=1S/C25H19Cl2FN2O5S/c26-19-5-3-7-23(24(19)27)36(33,34)30-21(12-16-13-29-20-6-2-1-4-18(16)20)25(32)35-14-22(31)15-8-10-17(28)11-9-15/h1-11,13,21,29-30H,12,14H2. The third kappa shape index (κ3) is 5.76. The number of hydrogen-bond acceptors (Lipinski definition) is 5. The van der Waals surface area contributed by atoms with E-state index in [4.69, 9.17) is 27.9 Å². The molecular weight excluding hydrogens is 530 g/mol. The number of aromatic amines is 1. The summed E-state index contributed by atoms with van der Waals surface area (Å²) in [5.74, 6) is -2.07. The zero-order valence-corrected chi connectivity index (χ0v) is 20.8. The number of aromatic nitrogens is 1. The third-order valence-electron chi connectivity index (χ3n) is 5.40. The summed E-state index contributed by atoms with van der Waals surface area (Å²) in [6.07, 6.45) is 1.58. The predicted octanol–water partition coefficient (Wildman–Crippen LogP) is 4.93. The van der Waals surface area contributed by atoms with Crippen LogP contribution in [0.2, 0.25) is 10.0 Å². The van der Waals surface area contributed by atoms with Crippen molar-refractivity contribution in [3.05, 3.63) is 99.9 Å². The molecule has 0 amide bonds. The van der Waals surface area contributed by atoms with E-state index in [2.05, 4.69) is 9.71 Å². The summed E-state index contributed by atoms with van der Waals surface area (Å²) < 4.78 is 46.9. The first-order chi connectivity index (χ1) is 17.2. The van der Waals surface area contributed by atoms with Crippen molar-refractivity contribution in [2.24, 2.45) is 0 Å². The van der Waals surface area contributed by atoms with Crippen LogP contribution in [0, 0.1) is 5.82 Å². The highest BCUT2D eigenvalue weighted by Gasteiger charge is 2.30. The van der Waals surface area contributed by atoms with E-state index in [1.54, 1.807) is 6.20 Å². The van der Waals surface area contributed by atoms with Gasteiger partial charge >= 0.3 is 5.97 Å². The maximum Gasteiger partial charge on any atom is 0.324 e. The minimum atomic E-state index is -4.31. The second-order valence-corrected chi connectivity index (χ2v) is 10.3. The molecule has 2 N–H and O–H groups in total. The Hall–Kier alpha value is -3.24. The van der Waals surface area contributed by atoms with Gasteiger partial charge in [0.25, 0.3) is 0 Å². The van der Waals surface area contributed by atoms with Crippen molar-refractivity contribution >= 4 is 55.9 Å². The van der Waals surface area contributed by atoms with Gasteiger partial charge in [0.05, 0.1) is 10.0 Å². The quantitative estimate of drug-likeness (QED) is 0.228. The number of para-hydroxylation sites is 1. The summed E-state index contributed by atoms with van der Waals surface area (Å²) in [7, 11) is -4.31. The molecule has 0 spiro atoms. The largest absolute Gasteiger partial charge is 0.456 e. The summed E-state index contributed by atoms with van der Waals surface area (Å²) in [6, 6.07) is 14.7. The average Bonchev–Trinajstić information content (AvgIpc) is 3.26. The molecule has 4 rings (SSSR count). The number of hydrogen-bond donors (Lipinski definition) is 2. The average molecular weight is 549 g/mol. The topological polar surface area (TPSA) is 105 Å². The first-order valence-corrected chi connectivity index (χ1v) is 12.9. The summed E-state index contributed by atoms with van der Waals surface area (Å²) in [6.45, 7) is -0.658. The van der Waals surface area contributed by atoms with Gasteiger partial charge in [0, 0.05) is 29.1 Å². The first kappa shape index (κ1) is 25.8. The fourth-order valence-corrected chi connectivity index (χ4v) is 5.54. The van der Waals surface area contributed by atoms with Gasteiger partial charge in [-0.1, -0.05) is 47.5 Å². The van der Waals surface area contributed by atoms with Crippen molar-refractivity contribution in [2.45, 2.75) is 17.4 Å². The fraction of sp³-hybridized carbons (Fsp3) is 0.120. The molecule has 1 atom stereocenters. The Kier molecular flexibility index (Phi) is 7.75. The molecule has 11 heteroatoms. The smallest absolute Gasteiger partial charge is 0.324 e. The second-order valence-electron chi connectivity index (χ2n) is 7.83. The number of Topliss-reactive ketones (excluding diaryl/α,β-unsaturated/α-hetero) is 1. The molecule has 186 valence electrons. The maximum atomic E-state index is 13.1. The molecule has 3 aromatic carbocycles. The zero-order valence-electron chi connectivity index (χ0n) is 18.5. The van der Waals surface area contributed by atoms with Gasteiger partial charge in [-0.15, -0.1) is 0 Å². The van der Waals surface area contributed by atoms with Crippen LogP contribution >= 0.6 is 23.2 Å². The van der Waals surface area contributed by atoms with Gasteiger partial charge in [-0.25, -0.2) is 12.8 Å². The lowest BCUT2D eigenvalue weighted by Crippen LogP contribution is -2.43. The molecule has 1 unspecified atom stereocenters. The molecule has 36 heavy (non-hydrogen) atoms. The molecule has 0 aliphatic rings. The Morgan fingerprint density at radius 3 is 2.47 bits per heavy atom. The molecule has 4 aromatic rings. The summed E-state index contributed by atoms with van der Waals surface area (Å²) in [5.41, 5.74) is 1.59. The molecule has 0 saturated heterocycles. The number of nitrogens with one attached hydrogen (secondary N) is 2. The Morgan fingerprint density at radius 2 is 1.72 bits per heavy atom. The lowest BCUT2D eigenvalue weighted by atomic mass is 10.1. The molecule has 0 aliphatic heterocycles. The number of ether oxygens (including phenoxy) is 1. The van der Waals surface area contributed by atoms with Crippen LogP contribution in [0.5, 0.6) is 0 Å². The minimum absolute atomic E-state index is 0.0280. The number of ketones is 1. The number of halogens is 3. The van der Waals surface area contributed by atoms with E-state index in [0.29, 0.717) is 5.56 Å². The Labute approximate surface area is 216 Å². The van der Waals surface area contributed by atoms with Crippen molar-refractivity contribution in [3.63, 3.8) is 0 Å². The lowest BCUT2D eigenvalue weighted by Gasteiger charge is -2.18. The molecule has 0 bridgehead atoms. The van der Waals surface area contributed by atoms with E-state index >= 15 is 0 Å². The minimum Gasteiger partial charge on any atom is -0.456 e. The van der Waals surface area contributed by atoms with Crippen LogP contribution in [0.3, 0.4) is 0 Å². The van der Waals surface area contributed by atoms with Gasteiger partial charge in [-0.05, 0) is 48.0 Å². The monoisotopic (exact) mass is 548 g/mol. The first-order valence-electron chi connectivity index (χ1n) is 10.6. The molecular formula is C25H19Cl2FN2O5S. The van der Waals surface area contributed by atoms with Crippen LogP contribution in [0.1, 0.15) is 15.9 Å². The van der Waals surface area contributed by atoms with E-state index in [1.165, 1.54) is 30.3 Å². The van der Waals surface area contributed by atoms with Gasteiger partial charge in [-0.2, -0.15) is 4.72 Å². The number of rotatable bonds is 9. The third-order valence-corrected chi connectivity index (χ3v) is 7.84. The van der Waals surface area contributed by atoms with Crippen molar-refractivity contribution in [1.82, 2.24) is 9.71 Å². The van der Waals surface area contributed by atoms with Gasteiger partial charge in [0.1, 0.15) is 16.8 Å². The van der Waals surface area contributed by atoms with E-state index < -0.39 is 40.2 Å². The molecule has 7 nitrogen and oxygen atoms in total. The number of carbonyl (C=O) groups excluding carboxylic acids is 2. The number of carbonyl (C=O) groups is 2. The van der Waals surface area contributed by atoms with Crippen LogP contribution in [-0.4, -0.2) is 37.8 Å². The summed E-state index contributed by atoms with van der Waals surface area (Å²) >= 11 is 12.1. The summed E-state index contributed by atoms with van der Waals surface area (Å²) in [4.78, 5) is 28.2. The Morgan fingerprint density at radius 1 is 1.00 bits per heavy atom. The Bertz CT molecular complexity index is 1540. The Balaban J connectivity index is 1.59. The van der Waals surface area contributed by atoms with E-state index in [1.807, 2.05) is 24.3 Å². The zero-order chi connectivity index (χ0) is 25.9. The maximum absolute atomic E-state index is 13.1. The molecule has 0 fully saturated rings. The summed E-state index contributed by atoms with van der Waals surface area (Å²) in [5, 5.41) is 0.621. The highest BCUT2D eigenvalue weighted by Crippen LogP contribution is 2.29. The lowest BCUT2D eigenvalue weighted by molar-refractivity contribution is -0.144.